The number of hydrogen-bond donors (Lipinski definition) is 2. The Morgan fingerprint density at radius 1 is 1.17 bits per heavy atom. The molecule has 0 spiro atoms. The van der Waals surface area contributed by atoms with Crippen molar-refractivity contribution in [2.75, 3.05) is 6.54 Å². The molecule has 2 aromatic carbocycles. The molecule has 30 heavy (non-hydrogen) atoms. The summed E-state index contributed by atoms with van der Waals surface area (Å²) in [6, 6.07) is 14.4. The topological polar surface area (TPSA) is 75.6 Å². The lowest BCUT2D eigenvalue weighted by Crippen LogP contribution is -2.27. The van der Waals surface area contributed by atoms with Gasteiger partial charge in [-0.3, -0.25) is 4.79 Å². The van der Waals surface area contributed by atoms with E-state index in [9.17, 15) is 4.79 Å². The molecule has 1 fully saturated rings. The average Bonchev–Trinajstić information content (AvgIpc) is 3.34. The van der Waals surface area contributed by atoms with E-state index in [1.54, 1.807) is 0 Å². The van der Waals surface area contributed by atoms with Gasteiger partial charge in [0.15, 0.2) is 5.69 Å². The zero-order chi connectivity index (χ0) is 20.7. The lowest BCUT2D eigenvalue weighted by atomic mass is 10.1. The number of carbonyl (C=O) groups excluding carboxylic acids is 1. The monoisotopic (exact) mass is 399 g/mol. The molecule has 6 heteroatoms. The summed E-state index contributed by atoms with van der Waals surface area (Å²) in [4.78, 5) is 16.2. The first-order chi connectivity index (χ1) is 14.6. The molecule has 0 saturated heterocycles. The van der Waals surface area contributed by atoms with Crippen LogP contribution in [0.3, 0.4) is 0 Å². The van der Waals surface area contributed by atoms with Gasteiger partial charge in [0.25, 0.3) is 5.91 Å². The summed E-state index contributed by atoms with van der Waals surface area (Å²) < 4.78 is 1.83. The number of benzene rings is 2. The van der Waals surface area contributed by atoms with Gasteiger partial charge in [0.2, 0.25) is 0 Å². The summed E-state index contributed by atoms with van der Waals surface area (Å²) >= 11 is 0. The number of nitrogens with zero attached hydrogens (tertiary/aromatic N) is 3. The number of aryl methyl sites for hydroxylation is 2. The highest BCUT2D eigenvalue weighted by Gasteiger charge is 2.34. The maximum atomic E-state index is 12.9. The van der Waals surface area contributed by atoms with E-state index < -0.39 is 0 Å². The number of carbonyl (C=O) groups is 1. The third-order valence-corrected chi connectivity index (χ3v) is 5.84. The van der Waals surface area contributed by atoms with Crippen LogP contribution >= 0.6 is 0 Å². The van der Waals surface area contributed by atoms with Crippen molar-refractivity contribution in [3.63, 3.8) is 0 Å². The molecule has 0 bridgehead atoms. The van der Waals surface area contributed by atoms with Gasteiger partial charge in [-0.25, -0.2) is 4.68 Å². The molecule has 0 unspecified atom stereocenters. The van der Waals surface area contributed by atoms with Crippen molar-refractivity contribution >= 4 is 16.8 Å². The lowest BCUT2D eigenvalue weighted by molar-refractivity contribution is 0.0948. The summed E-state index contributed by atoms with van der Waals surface area (Å²) in [6.45, 7) is 4.73. The first-order valence-corrected chi connectivity index (χ1v) is 10.5. The van der Waals surface area contributed by atoms with Crippen LogP contribution in [0.5, 0.6) is 0 Å². The fourth-order valence-electron chi connectivity index (χ4n) is 4.09. The summed E-state index contributed by atoms with van der Waals surface area (Å²) in [7, 11) is 0. The molecule has 0 radical (unpaired) electrons. The Morgan fingerprint density at radius 3 is 2.73 bits per heavy atom. The molecule has 1 aliphatic carbocycles. The molecule has 152 valence electrons. The quantitative estimate of drug-likeness (QED) is 0.510. The second kappa shape index (κ2) is 7.44. The van der Waals surface area contributed by atoms with Gasteiger partial charge < -0.3 is 10.3 Å². The van der Waals surface area contributed by atoms with E-state index in [-0.39, 0.29) is 5.91 Å². The minimum atomic E-state index is -0.146. The van der Waals surface area contributed by atoms with Crippen LogP contribution in [-0.2, 0) is 6.42 Å². The van der Waals surface area contributed by atoms with E-state index in [0.717, 1.165) is 36.2 Å². The van der Waals surface area contributed by atoms with E-state index in [4.69, 9.17) is 0 Å². The van der Waals surface area contributed by atoms with Gasteiger partial charge in [0.1, 0.15) is 0 Å². The fraction of sp³-hybridized carbons (Fsp3) is 0.292. The largest absolute Gasteiger partial charge is 0.361 e. The zero-order valence-electron chi connectivity index (χ0n) is 17.3. The first-order valence-electron chi connectivity index (χ1n) is 10.5. The molecule has 1 saturated carbocycles. The minimum absolute atomic E-state index is 0.146. The van der Waals surface area contributed by atoms with Crippen LogP contribution < -0.4 is 5.32 Å². The van der Waals surface area contributed by atoms with Crippen molar-refractivity contribution in [1.29, 1.82) is 0 Å². The maximum absolute atomic E-state index is 12.9. The van der Waals surface area contributed by atoms with Crippen molar-refractivity contribution in [3.8, 4) is 5.69 Å². The van der Waals surface area contributed by atoms with Gasteiger partial charge in [-0.05, 0) is 62.4 Å². The minimum Gasteiger partial charge on any atom is -0.361 e. The summed E-state index contributed by atoms with van der Waals surface area (Å²) in [5.41, 5.74) is 7.11. The zero-order valence-corrected chi connectivity index (χ0v) is 17.3. The van der Waals surface area contributed by atoms with Gasteiger partial charge in [0.05, 0.1) is 11.4 Å². The second-order valence-corrected chi connectivity index (χ2v) is 8.16. The number of rotatable bonds is 6. The van der Waals surface area contributed by atoms with Crippen LogP contribution in [0.15, 0.2) is 48.7 Å². The average molecular weight is 399 g/mol. The lowest BCUT2D eigenvalue weighted by Gasteiger charge is -2.08. The molecule has 0 aliphatic heterocycles. The highest BCUT2D eigenvalue weighted by atomic mass is 16.2. The Hall–Kier alpha value is -3.41. The molecule has 5 rings (SSSR count). The van der Waals surface area contributed by atoms with E-state index in [1.165, 1.54) is 22.1 Å². The van der Waals surface area contributed by atoms with Crippen molar-refractivity contribution in [2.24, 2.45) is 0 Å². The molecule has 6 nitrogen and oxygen atoms in total. The SMILES string of the molecule is Cc1ccc(-n2nnc(C(=O)NCCc3c[nH]c4cccc(C)c34)c2C2CC2)cc1. The smallest absolute Gasteiger partial charge is 0.273 e. The molecule has 1 aliphatic rings. The number of fused-ring (bicyclic) bond motifs is 1. The Labute approximate surface area is 175 Å². The van der Waals surface area contributed by atoms with E-state index in [2.05, 4.69) is 64.8 Å². The van der Waals surface area contributed by atoms with E-state index in [1.807, 2.05) is 23.0 Å². The fourth-order valence-corrected chi connectivity index (χ4v) is 4.09. The molecule has 1 amide bonds. The molecular formula is C24H25N5O. The molecule has 2 heterocycles. The number of hydrogen-bond acceptors (Lipinski definition) is 3. The number of aromatic nitrogens is 4. The number of aromatic amines is 1. The third-order valence-electron chi connectivity index (χ3n) is 5.84. The standard InChI is InChI=1S/C24H25N5O/c1-15-6-10-19(11-7-15)29-23(17-8-9-17)22(27-28-29)24(30)25-13-12-18-14-26-20-5-3-4-16(2)21(18)20/h3-7,10-11,14,17,26H,8-9,12-13H2,1-2H3,(H,25,30). The number of nitrogens with one attached hydrogen (secondary N) is 2. The second-order valence-electron chi connectivity index (χ2n) is 8.16. The summed E-state index contributed by atoms with van der Waals surface area (Å²) in [5, 5.41) is 12.9. The Kier molecular flexibility index (Phi) is 4.62. The first kappa shape index (κ1) is 18.6. The summed E-state index contributed by atoms with van der Waals surface area (Å²) in [6.07, 6.45) is 4.96. The molecule has 4 aromatic rings. The van der Waals surface area contributed by atoms with E-state index >= 15 is 0 Å². The highest BCUT2D eigenvalue weighted by Crippen LogP contribution is 2.42. The van der Waals surface area contributed by atoms with Crippen molar-refractivity contribution in [3.05, 3.63) is 76.7 Å². The van der Waals surface area contributed by atoms with Crippen LogP contribution in [0.4, 0.5) is 0 Å². The van der Waals surface area contributed by atoms with Gasteiger partial charge in [-0.15, -0.1) is 5.10 Å². The molecular weight excluding hydrogens is 374 g/mol. The Bertz CT molecular complexity index is 1210. The molecule has 2 aromatic heterocycles. The predicted molar refractivity (Wildman–Crippen MR) is 117 cm³/mol. The van der Waals surface area contributed by atoms with Crippen LogP contribution in [-0.4, -0.2) is 32.4 Å². The summed E-state index contributed by atoms with van der Waals surface area (Å²) in [5.74, 6) is 0.213. The maximum Gasteiger partial charge on any atom is 0.273 e. The van der Waals surface area contributed by atoms with Crippen LogP contribution in [0.2, 0.25) is 0 Å². The van der Waals surface area contributed by atoms with Crippen molar-refractivity contribution in [1.82, 2.24) is 25.3 Å². The van der Waals surface area contributed by atoms with Crippen LogP contribution in [0.25, 0.3) is 16.6 Å². The van der Waals surface area contributed by atoms with Gasteiger partial charge >= 0.3 is 0 Å². The number of amides is 1. The molecule has 2 N–H and O–H groups in total. The van der Waals surface area contributed by atoms with Gasteiger partial charge in [0, 0.05) is 29.6 Å². The predicted octanol–water partition coefficient (Wildman–Crippen LogP) is 4.22. The van der Waals surface area contributed by atoms with Crippen molar-refractivity contribution in [2.45, 2.75) is 39.0 Å². The molecule has 0 atom stereocenters. The number of H-pyrrole nitrogens is 1. The van der Waals surface area contributed by atoms with Gasteiger partial charge in [-0.2, -0.15) is 0 Å². The normalized spacial score (nSPS) is 13.7. The van der Waals surface area contributed by atoms with E-state index in [0.29, 0.717) is 18.2 Å². The van der Waals surface area contributed by atoms with Crippen LogP contribution in [0.1, 0.15) is 51.6 Å². The Morgan fingerprint density at radius 2 is 1.97 bits per heavy atom. The Balaban J connectivity index is 1.33. The van der Waals surface area contributed by atoms with Gasteiger partial charge in [-0.1, -0.05) is 35.0 Å². The van der Waals surface area contributed by atoms with Crippen molar-refractivity contribution < 1.29 is 4.79 Å². The third kappa shape index (κ3) is 3.38. The highest BCUT2D eigenvalue weighted by molar-refractivity contribution is 5.93. The van der Waals surface area contributed by atoms with Crippen LogP contribution in [0, 0.1) is 13.8 Å².